The van der Waals surface area contributed by atoms with Crippen LogP contribution in [0.15, 0.2) is 18.3 Å². The maximum atomic E-state index is 5.95. The van der Waals surface area contributed by atoms with Gasteiger partial charge in [-0.15, -0.1) is 0 Å². The molecular formula is C14H22N2O. The van der Waals surface area contributed by atoms with E-state index in [0.717, 1.165) is 17.4 Å². The Morgan fingerprint density at radius 3 is 2.76 bits per heavy atom. The minimum absolute atomic E-state index is 0.416. The third kappa shape index (κ3) is 3.43. The molecule has 2 N–H and O–H groups in total. The normalized spacial score (nSPS) is 29.2. The van der Waals surface area contributed by atoms with Crippen molar-refractivity contribution in [2.45, 2.75) is 45.8 Å². The van der Waals surface area contributed by atoms with Gasteiger partial charge in [0.05, 0.1) is 12.7 Å². The van der Waals surface area contributed by atoms with Gasteiger partial charge in [-0.1, -0.05) is 19.9 Å². The van der Waals surface area contributed by atoms with Crippen LogP contribution in [0.2, 0.25) is 0 Å². The van der Waals surface area contributed by atoms with Gasteiger partial charge >= 0.3 is 0 Å². The Morgan fingerprint density at radius 2 is 2.12 bits per heavy atom. The van der Waals surface area contributed by atoms with E-state index in [1.54, 1.807) is 6.20 Å². The zero-order chi connectivity index (χ0) is 12.3. The molecule has 1 heterocycles. The van der Waals surface area contributed by atoms with Crippen LogP contribution in [-0.4, -0.2) is 11.1 Å². The first-order chi connectivity index (χ1) is 8.15. The second-order valence-corrected chi connectivity index (χ2v) is 5.29. The first kappa shape index (κ1) is 12.4. The molecule has 0 amide bonds. The predicted molar refractivity (Wildman–Crippen MR) is 69.4 cm³/mol. The highest BCUT2D eigenvalue weighted by molar-refractivity contribution is 5.28. The second kappa shape index (κ2) is 5.50. The molecule has 17 heavy (non-hydrogen) atoms. The van der Waals surface area contributed by atoms with Gasteiger partial charge in [-0.2, -0.15) is 0 Å². The summed E-state index contributed by atoms with van der Waals surface area (Å²) >= 11 is 0. The second-order valence-electron chi connectivity index (χ2n) is 5.29. The number of hydrogen-bond acceptors (Lipinski definition) is 3. The van der Waals surface area contributed by atoms with Crippen LogP contribution in [0.3, 0.4) is 0 Å². The van der Waals surface area contributed by atoms with Crippen molar-refractivity contribution < 1.29 is 4.74 Å². The van der Waals surface area contributed by atoms with Crippen molar-refractivity contribution in [3.63, 3.8) is 0 Å². The number of nitrogens with two attached hydrogens (primary N) is 1. The smallest absolute Gasteiger partial charge is 0.123 e. The maximum absolute atomic E-state index is 5.95. The lowest BCUT2D eigenvalue weighted by molar-refractivity contribution is -0.00753. The number of hydrogen-bond donors (Lipinski definition) is 1. The van der Waals surface area contributed by atoms with Crippen LogP contribution in [0, 0.1) is 11.8 Å². The third-order valence-corrected chi connectivity index (χ3v) is 3.88. The average Bonchev–Trinajstić information content (AvgIpc) is 2.33. The van der Waals surface area contributed by atoms with Crippen molar-refractivity contribution in [3.05, 3.63) is 23.9 Å². The summed E-state index contributed by atoms with van der Waals surface area (Å²) in [5.41, 5.74) is 6.65. The lowest BCUT2D eigenvalue weighted by atomic mass is 9.80. The highest BCUT2D eigenvalue weighted by Crippen LogP contribution is 2.31. The zero-order valence-electron chi connectivity index (χ0n) is 10.7. The van der Waals surface area contributed by atoms with Crippen LogP contribution in [0.4, 0.5) is 5.82 Å². The summed E-state index contributed by atoms with van der Waals surface area (Å²) in [4.78, 5) is 4.07. The zero-order valence-corrected chi connectivity index (χ0v) is 10.7. The van der Waals surface area contributed by atoms with Crippen molar-refractivity contribution in [3.8, 4) is 0 Å². The molecule has 0 bridgehead atoms. The summed E-state index contributed by atoms with van der Waals surface area (Å²) < 4.78 is 5.95. The fraction of sp³-hybridized carbons (Fsp3) is 0.643. The SMILES string of the molecule is CC1CCC(OCc2ccc(N)nc2)CC1C. The van der Waals surface area contributed by atoms with E-state index in [1.165, 1.54) is 19.3 Å². The molecule has 1 fully saturated rings. The molecule has 1 aromatic heterocycles. The first-order valence-corrected chi connectivity index (χ1v) is 6.47. The standard InChI is InChI=1S/C14H22N2O/c1-10-3-5-13(7-11(10)2)17-9-12-4-6-14(15)16-8-12/h4,6,8,10-11,13H,3,5,7,9H2,1-2H3,(H2,15,16). The maximum Gasteiger partial charge on any atom is 0.123 e. The average molecular weight is 234 g/mol. The molecule has 1 aliphatic rings. The van der Waals surface area contributed by atoms with Crippen LogP contribution in [0.1, 0.15) is 38.7 Å². The van der Waals surface area contributed by atoms with E-state index in [9.17, 15) is 0 Å². The van der Waals surface area contributed by atoms with Crippen molar-refractivity contribution in [1.82, 2.24) is 4.98 Å². The van der Waals surface area contributed by atoms with Gasteiger partial charge in [-0.25, -0.2) is 4.98 Å². The Labute approximate surface area is 103 Å². The summed E-state index contributed by atoms with van der Waals surface area (Å²) in [5, 5.41) is 0. The number of nitrogens with zero attached hydrogens (tertiary/aromatic N) is 1. The van der Waals surface area contributed by atoms with Crippen LogP contribution in [-0.2, 0) is 11.3 Å². The molecule has 2 rings (SSSR count). The number of aromatic nitrogens is 1. The lowest BCUT2D eigenvalue weighted by Crippen LogP contribution is -2.26. The Bertz CT molecular complexity index is 350. The predicted octanol–water partition coefficient (Wildman–Crippen LogP) is 3.01. The number of ether oxygens (including phenoxy) is 1. The highest BCUT2D eigenvalue weighted by atomic mass is 16.5. The first-order valence-electron chi connectivity index (χ1n) is 6.47. The monoisotopic (exact) mass is 234 g/mol. The molecule has 1 aromatic rings. The van der Waals surface area contributed by atoms with E-state index < -0.39 is 0 Å². The molecular weight excluding hydrogens is 212 g/mol. The van der Waals surface area contributed by atoms with Crippen molar-refractivity contribution in [2.75, 3.05) is 5.73 Å². The van der Waals surface area contributed by atoms with E-state index in [4.69, 9.17) is 10.5 Å². The van der Waals surface area contributed by atoms with Crippen LogP contribution < -0.4 is 5.73 Å². The van der Waals surface area contributed by atoms with Gasteiger partial charge in [0.1, 0.15) is 5.82 Å². The van der Waals surface area contributed by atoms with Crippen molar-refractivity contribution in [2.24, 2.45) is 11.8 Å². The fourth-order valence-corrected chi connectivity index (χ4v) is 2.38. The molecule has 3 unspecified atom stereocenters. The third-order valence-electron chi connectivity index (χ3n) is 3.88. The summed E-state index contributed by atoms with van der Waals surface area (Å²) in [7, 11) is 0. The van der Waals surface area contributed by atoms with E-state index in [1.807, 2.05) is 12.1 Å². The fourth-order valence-electron chi connectivity index (χ4n) is 2.38. The van der Waals surface area contributed by atoms with E-state index in [2.05, 4.69) is 18.8 Å². The van der Waals surface area contributed by atoms with Crippen molar-refractivity contribution in [1.29, 1.82) is 0 Å². The lowest BCUT2D eigenvalue weighted by Gasteiger charge is -2.31. The number of nitrogen functional groups attached to an aromatic ring is 1. The quantitative estimate of drug-likeness (QED) is 0.874. The van der Waals surface area contributed by atoms with Gasteiger partial charge in [0, 0.05) is 6.20 Å². The largest absolute Gasteiger partial charge is 0.384 e. The number of pyridine rings is 1. The molecule has 3 atom stereocenters. The molecule has 0 saturated heterocycles. The molecule has 0 aromatic carbocycles. The molecule has 3 heteroatoms. The van der Waals surface area contributed by atoms with Gasteiger partial charge in [-0.3, -0.25) is 0 Å². The number of anilines is 1. The Morgan fingerprint density at radius 1 is 1.29 bits per heavy atom. The van der Waals surface area contributed by atoms with Gasteiger partial charge in [0.2, 0.25) is 0 Å². The molecule has 1 aliphatic carbocycles. The molecule has 94 valence electrons. The highest BCUT2D eigenvalue weighted by Gasteiger charge is 2.24. The minimum Gasteiger partial charge on any atom is -0.384 e. The minimum atomic E-state index is 0.416. The Hall–Kier alpha value is -1.09. The molecule has 0 aliphatic heterocycles. The molecule has 3 nitrogen and oxygen atoms in total. The summed E-state index contributed by atoms with van der Waals surface area (Å²) in [5.74, 6) is 2.18. The van der Waals surface area contributed by atoms with Gasteiger partial charge < -0.3 is 10.5 Å². The van der Waals surface area contributed by atoms with Crippen LogP contribution in [0.25, 0.3) is 0 Å². The van der Waals surface area contributed by atoms with Crippen LogP contribution >= 0.6 is 0 Å². The Kier molecular flexibility index (Phi) is 4.00. The van der Waals surface area contributed by atoms with E-state index in [-0.39, 0.29) is 0 Å². The van der Waals surface area contributed by atoms with Gasteiger partial charge in [-0.05, 0) is 42.7 Å². The summed E-state index contributed by atoms with van der Waals surface area (Å²) in [6.07, 6.45) is 5.87. The molecule has 0 spiro atoms. The van der Waals surface area contributed by atoms with E-state index in [0.29, 0.717) is 18.5 Å². The Balaban J connectivity index is 1.80. The topological polar surface area (TPSA) is 48.1 Å². The molecule has 1 saturated carbocycles. The molecule has 0 radical (unpaired) electrons. The van der Waals surface area contributed by atoms with Gasteiger partial charge in [0.25, 0.3) is 0 Å². The van der Waals surface area contributed by atoms with Gasteiger partial charge in [0.15, 0.2) is 0 Å². The summed E-state index contributed by atoms with van der Waals surface area (Å²) in [6.45, 7) is 5.31. The van der Waals surface area contributed by atoms with E-state index >= 15 is 0 Å². The van der Waals surface area contributed by atoms with Crippen LogP contribution in [0.5, 0.6) is 0 Å². The van der Waals surface area contributed by atoms with Crippen molar-refractivity contribution >= 4 is 5.82 Å². The summed E-state index contributed by atoms with van der Waals surface area (Å²) in [6, 6.07) is 3.81. The number of rotatable bonds is 3.